The number of nitro groups is 1. The minimum atomic E-state index is -3.58. The first-order valence-corrected chi connectivity index (χ1v) is 10.4. The molecule has 0 saturated carbocycles. The summed E-state index contributed by atoms with van der Waals surface area (Å²) in [6.07, 6.45) is 0. The first-order valence-electron chi connectivity index (χ1n) is 8.15. The number of carbonyl (C=O) groups excluding carboxylic acids is 1. The Balaban J connectivity index is 1.84. The second-order valence-electron chi connectivity index (χ2n) is 5.83. The molecule has 146 valence electrons. The number of amides is 1. The zero-order valence-corrected chi connectivity index (χ0v) is 16.6. The van der Waals surface area contributed by atoms with Crippen LogP contribution in [-0.2, 0) is 10.0 Å². The molecular weight excluding hydrogens is 404 g/mol. The van der Waals surface area contributed by atoms with E-state index in [0.29, 0.717) is 21.9 Å². The SMILES string of the molecule is CCN(C)S(=O)(=O)c1ccc2nc(NC(=O)c3ccc([N+](=O)[O-])cc3)sc2c1. The summed E-state index contributed by atoms with van der Waals surface area (Å²) in [6, 6.07) is 9.78. The van der Waals surface area contributed by atoms with E-state index in [2.05, 4.69) is 10.3 Å². The predicted octanol–water partition coefficient (Wildman–Crippen LogP) is 3.10. The summed E-state index contributed by atoms with van der Waals surface area (Å²) in [7, 11) is -2.08. The third-order valence-electron chi connectivity index (χ3n) is 4.07. The van der Waals surface area contributed by atoms with Crippen LogP contribution < -0.4 is 5.32 Å². The van der Waals surface area contributed by atoms with Crippen molar-refractivity contribution < 1.29 is 18.1 Å². The summed E-state index contributed by atoms with van der Waals surface area (Å²) >= 11 is 1.14. The van der Waals surface area contributed by atoms with Crippen molar-refractivity contribution in [3.63, 3.8) is 0 Å². The van der Waals surface area contributed by atoms with Gasteiger partial charge in [-0.1, -0.05) is 18.3 Å². The highest BCUT2D eigenvalue weighted by Crippen LogP contribution is 2.29. The summed E-state index contributed by atoms with van der Waals surface area (Å²) < 4.78 is 26.7. The number of anilines is 1. The van der Waals surface area contributed by atoms with Crippen molar-refractivity contribution in [3.05, 3.63) is 58.1 Å². The molecule has 1 aromatic heterocycles. The lowest BCUT2D eigenvalue weighted by molar-refractivity contribution is -0.384. The van der Waals surface area contributed by atoms with Crippen LogP contribution in [0.3, 0.4) is 0 Å². The summed E-state index contributed by atoms with van der Waals surface area (Å²) in [6.45, 7) is 2.09. The smallest absolute Gasteiger partial charge is 0.269 e. The van der Waals surface area contributed by atoms with Crippen LogP contribution in [0.2, 0.25) is 0 Å². The molecule has 1 amide bonds. The van der Waals surface area contributed by atoms with Crippen LogP contribution in [0.4, 0.5) is 10.8 Å². The van der Waals surface area contributed by atoms with Crippen molar-refractivity contribution in [1.82, 2.24) is 9.29 Å². The molecule has 0 aliphatic carbocycles. The van der Waals surface area contributed by atoms with Crippen molar-refractivity contribution in [2.75, 3.05) is 18.9 Å². The van der Waals surface area contributed by atoms with E-state index < -0.39 is 20.9 Å². The largest absolute Gasteiger partial charge is 0.298 e. The molecule has 3 rings (SSSR count). The topological polar surface area (TPSA) is 123 Å². The van der Waals surface area contributed by atoms with E-state index in [9.17, 15) is 23.3 Å². The van der Waals surface area contributed by atoms with Crippen molar-refractivity contribution >= 4 is 48.3 Å². The van der Waals surface area contributed by atoms with Crippen molar-refractivity contribution in [2.45, 2.75) is 11.8 Å². The molecule has 2 aromatic carbocycles. The van der Waals surface area contributed by atoms with Gasteiger partial charge in [0.05, 0.1) is 20.0 Å². The van der Waals surface area contributed by atoms with Gasteiger partial charge in [-0.05, 0) is 30.3 Å². The van der Waals surface area contributed by atoms with Crippen LogP contribution in [0.25, 0.3) is 10.2 Å². The molecular formula is C17H16N4O5S2. The first-order chi connectivity index (χ1) is 13.2. The Morgan fingerprint density at radius 2 is 1.93 bits per heavy atom. The second-order valence-corrected chi connectivity index (χ2v) is 8.90. The van der Waals surface area contributed by atoms with Gasteiger partial charge in [0, 0.05) is 31.3 Å². The van der Waals surface area contributed by atoms with Crippen LogP contribution in [-0.4, -0.2) is 42.1 Å². The number of carbonyl (C=O) groups is 1. The van der Waals surface area contributed by atoms with Gasteiger partial charge in [-0.3, -0.25) is 20.2 Å². The average Bonchev–Trinajstić information content (AvgIpc) is 3.08. The Morgan fingerprint density at radius 3 is 2.54 bits per heavy atom. The zero-order chi connectivity index (χ0) is 20.5. The normalized spacial score (nSPS) is 11.7. The number of aromatic nitrogens is 1. The molecule has 1 N–H and O–H groups in total. The van der Waals surface area contributed by atoms with Crippen LogP contribution in [0, 0.1) is 10.1 Å². The van der Waals surface area contributed by atoms with Gasteiger partial charge in [0.15, 0.2) is 5.13 Å². The number of non-ortho nitro benzene ring substituents is 1. The number of benzene rings is 2. The van der Waals surface area contributed by atoms with E-state index >= 15 is 0 Å². The summed E-state index contributed by atoms with van der Waals surface area (Å²) in [5.74, 6) is -0.465. The number of nitrogens with zero attached hydrogens (tertiary/aromatic N) is 3. The van der Waals surface area contributed by atoms with Crippen LogP contribution in [0.5, 0.6) is 0 Å². The number of sulfonamides is 1. The van der Waals surface area contributed by atoms with Crippen molar-refractivity contribution in [1.29, 1.82) is 0 Å². The molecule has 0 aliphatic heterocycles. The number of hydrogen-bond acceptors (Lipinski definition) is 7. The Hall–Kier alpha value is -2.89. The van der Waals surface area contributed by atoms with E-state index in [1.54, 1.807) is 13.0 Å². The molecule has 11 heteroatoms. The Kier molecular flexibility index (Phi) is 5.40. The number of nitro benzene ring substituents is 1. The fourth-order valence-electron chi connectivity index (χ4n) is 2.37. The van der Waals surface area contributed by atoms with E-state index in [1.807, 2.05) is 0 Å². The molecule has 0 saturated heterocycles. The maximum Gasteiger partial charge on any atom is 0.269 e. The number of rotatable bonds is 6. The summed E-state index contributed by atoms with van der Waals surface area (Å²) in [5.41, 5.74) is 0.696. The lowest BCUT2D eigenvalue weighted by atomic mass is 10.2. The fraction of sp³-hybridized carbons (Fsp3) is 0.176. The Morgan fingerprint density at radius 1 is 1.25 bits per heavy atom. The minimum absolute atomic E-state index is 0.109. The van der Waals surface area contributed by atoms with Gasteiger partial charge in [-0.15, -0.1) is 0 Å². The highest BCUT2D eigenvalue weighted by molar-refractivity contribution is 7.89. The van der Waals surface area contributed by atoms with Crippen LogP contribution in [0.1, 0.15) is 17.3 Å². The molecule has 0 fully saturated rings. The molecule has 0 atom stereocenters. The van der Waals surface area contributed by atoms with Gasteiger partial charge < -0.3 is 0 Å². The third-order valence-corrected chi connectivity index (χ3v) is 6.94. The van der Waals surface area contributed by atoms with Crippen molar-refractivity contribution in [3.8, 4) is 0 Å². The first kappa shape index (κ1) is 19.9. The van der Waals surface area contributed by atoms with E-state index in [-0.39, 0.29) is 16.1 Å². The zero-order valence-electron chi connectivity index (χ0n) is 14.9. The minimum Gasteiger partial charge on any atom is -0.298 e. The predicted molar refractivity (Wildman–Crippen MR) is 106 cm³/mol. The standard InChI is InChI=1S/C17H16N4O5S2/c1-3-20(2)28(25,26)13-8-9-14-15(10-13)27-17(18-14)19-16(22)11-4-6-12(7-5-11)21(23)24/h4-10H,3H2,1-2H3,(H,18,19,22). The molecule has 0 bridgehead atoms. The van der Waals surface area contributed by atoms with Gasteiger partial charge >= 0.3 is 0 Å². The number of thiazole rings is 1. The summed E-state index contributed by atoms with van der Waals surface area (Å²) in [5, 5.41) is 13.6. The highest BCUT2D eigenvalue weighted by atomic mass is 32.2. The molecule has 0 aliphatic rings. The second kappa shape index (κ2) is 7.62. The Labute approximate surface area is 164 Å². The number of fused-ring (bicyclic) bond motifs is 1. The highest BCUT2D eigenvalue weighted by Gasteiger charge is 2.20. The van der Waals surface area contributed by atoms with Gasteiger partial charge in [-0.25, -0.2) is 17.7 Å². The van der Waals surface area contributed by atoms with Gasteiger partial charge in [0.1, 0.15) is 0 Å². The lowest BCUT2D eigenvalue weighted by Crippen LogP contribution is -2.26. The van der Waals surface area contributed by atoms with Gasteiger partial charge in [0.2, 0.25) is 10.0 Å². The quantitative estimate of drug-likeness (QED) is 0.483. The van der Waals surface area contributed by atoms with Crippen LogP contribution >= 0.6 is 11.3 Å². The van der Waals surface area contributed by atoms with Gasteiger partial charge in [-0.2, -0.15) is 0 Å². The molecule has 0 spiro atoms. The summed E-state index contributed by atoms with van der Waals surface area (Å²) in [4.78, 5) is 26.9. The average molecular weight is 420 g/mol. The maximum absolute atomic E-state index is 12.4. The molecule has 0 radical (unpaired) electrons. The number of nitrogens with one attached hydrogen (secondary N) is 1. The monoisotopic (exact) mass is 420 g/mol. The fourth-order valence-corrected chi connectivity index (χ4v) is 4.55. The Bertz CT molecular complexity index is 1160. The molecule has 1 heterocycles. The lowest BCUT2D eigenvalue weighted by Gasteiger charge is -2.14. The number of hydrogen-bond donors (Lipinski definition) is 1. The van der Waals surface area contributed by atoms with E-state index in [4.69, 9.17) is 0 Å². The molecule has 28 heavy (non-hydrogen) atoms. The van der Waals surface area contributed by atoms with Gasteiger partial charge in [0.25, 0.3) is 11.6 Å². The van der Waals surface area contributed by atoms with E-state index in [0.717, 1.165) is 11.3 Å². The third kappa shape index (κ3) is 3.86. The molecule has 9 nitrogen and oxygen atoms in total. The van der Waals surface area contributed by atoms with Crippen LogP contribution in [0.15, 0.2) is 47.4 Å². The van der Waals surface area contributed by atoms with E-state index in [1.165, 1.54) is 47.8 Å². The molecule has 3 aromatic rings. The molecule has 0 unspecified atom stereocenters. The van der Waals surface area contributed by atoms with Crippen molar-refractivity contribution in [2.24, 2.45) is 0 Å². The maximum atomic E-state index is 12.4.